The lowest BCUT2D eigenvalue weighted by molar-refractivity contribution is 1.03. The lowest BCUT2D eigenvalue weighted by Crippen LogP contribution is -1.92. The van der Waals surface area contributed by atoms with Gasteiger partial charge in [0.1, 0.15) is 5.82 Å². The summed E-state index contributed by atoms with van der Waals surface area (Å²) in [5, 5.41) is 0.730. The van der Waals surface area contributed by atoms with Gasteiger partial charge in [0, 0.05) is 11.4 Å². The van der Waals surface area contributed by atoms with E-state index in [4.69, 9.17) is 11.6 Å². The third kappa shape index (κ3) is 2.49. The lowest BCUT2D eigenvalue weighted by atomic mass is 10.0. The third-order valence-corrected chi connectivity index (χ3v) is 3.67. The van der Waals surface area contributed by atoms with Crippen LogP contribution in [0, 0.1) is 13.8 Å². The van der Waals surface area contributed by atoms with Gasteiger partial charge in [0.25, 0.3) is 0 Å². The molecule has 1 N–H and O–H groups in total. The number of hydrogen-bond acceptors (Lipinski definition) is 1. The van der Waals surface area contributed by atoms with E-state index in [1.807, 2.05) is 18.2 Å². The maximum absolute atomic E-state index is 5.98. The van der Waals surface area contributed by atoms with Crippen LogP contribution < -0.4 is 0 Å². The molecule has 3 heteroatoms. The Labute approximate surface area is 117 Å². The monoisotopic (exact) mass is 270 g/mol. The van der Waals surface area contributed by atoms with Crippen LogP contribution in [0.4, 0.5) is 0 Å². The van der Waals surface area contributed by atoms with Crippen LogP contribution in [0.3, 0.4) is 0 Å². The molecular formula is C16H15ClN2. The molecule has 0 saturated heterocycles. The first-order valence-corrected chi connectivity index (χ1v) is 6.70. The minimum atomic E-state index is 0.730. The van der Waals surface area contributed by atoms with Crippen molar-refractivity contribution >= 4 is 22.6 Å². The van der Waals surface area contributed by atoms with Gasteiger partial charge >= 0.3 is 0 Å². The summed E-state index contributed by atoms with van der Waals surface area (Å²) < 4.78 is 0. The Kier molecular flexibility index (Phi) is 3.03. The van der Waals surface area contributed by atoms with Crippen molar-refractivity contribution < 1.29 is 0 Å². The van der Waals surface area contributed by atoms with Crippen molar-refractivity contribution in [1.82, 2.24) is 9.97 Å². The summed E-state index contributed by atoms with van der Waals surface area (Å²) in [5.74, 6) is 0.973. The van der Waals surface area contributed by atoms with Crippen LogP contribution >= 0.6 is 11.6 Å². The molecule has 0 aliphatic heterocycles. The van der Waals surface area contributed by atoms with E-state index in [1.54, 1.807) is 0 Å². The first-order chi connectivity index (χ1) is 9.11. The Balaban J connectivity index is 1.94. The highest BCUT2D eigenvalue weighted by Gasteiger charge is 2.05. The fraction of sp³-hybridized carbons (Fsp3) is 0.188. The predicted octanol–water partition coefficient (Wildman–Crippen LogP) is 4.42. The molecule has 3 aromatic rings. The zero-order chi connectivity index (χ0) is 13.4. The number of rotatable bonds is 2. The van der Waals surface area contributed by atoms with Crippen LogP contribution in [0.2, 0.25) is 5.02 Å². The molecule has 0 aliphatic carbocycles. The average Bonchev–Trinajstić information content (AvgIpc) is 2.75. The number of nitrogens with zero attached hydrogens (tertiary/aromatic N) is 1. The van der Waals surface area contributed by atoms with Gasteiger partial charge in [-0.1, -0.05) is 29.8 Å². The molecule has 1 heterocycles. The van der Waals surface area contributed by atoms with Crippen molar-refractivity contribution in [2.24, 2.45) is 0 Å². The van der Waals surface area contributed by atoms with Gasteiger partial charge in [0.15, 0.2) is 0 Å². The van der Waals surface area contributed by atoms with Gasteiger partial charge in [0.05, 0.1) is 11.0 Å². The van der Waals surface area contributed by atoms with E-state index in [0.717, 1.165) is 28.3 Å². The van der Waals surface area contributed by atoms with Gasteiger partial charge in [-0.2, -0.15) is 0 Å². The first-order valence-electron chi connectivity index (χ1n) is 6.32. The van der Waals surface area contributed by atoms with E-state index in [1.165, 1.54) is 16.7 Å². The molecule has 0 unspecified atom stereocenters. The Bertz CT molecular complexity index is 744. The molecular weight excluding hydrogens is 256 g/mol. The quantitative estimate of drug-likeness (QED) is 0.733. The van der Waals surface area contributed by atoms with Crippen LogP contribution in [-0.4, -0.2) is 9.97 Å². The average molecular weight is 271 g/mol. The summed E-state index contributed by atoms with van der Waals surface area (Å²) in [7, 11) is 0. The number of aryl methyl sites for hydroxylation is 2. The van der Waals surface area contributed by atoms with Crippen molar-refractivity contribution in [2.75, 3.05) is 0 Å². The second kappa shape index (κ2) is 4.71. The molecule has 0 radical (unpaired) electrons. The molecule has 96 valence electrons. The second-order valence-corrected chi connectivity index (χ2v) is 5.38. The molecule has 0 atom stereocenters. The summed E-state index contributed by atoms with van der Waals surface area (Å²) in [6.07, 6.45) is 0.813. The molecule has 3 rings (SSSR count). The summed E-state index contributed by atoms with van der Waals surface area (Å²) in [6, 6.07) is 12.2. The van der Waals surface area contributed by atoms with Gasteiger partial charge in [-0.05, 0) is 48.7 Å². The number of hydrogen-bond donors (Lipinski definition) is 1. The minimum Gasteiger partial charge on any atom is -0.342 e. The highest BCUT2D eigenvalue weighted by molar-refractivity contribution is 6.31. The Morgan fingerprint density at radius 2 is 1.89 bits per heavy atom. The molecule has 0 fully saturated rings. The largest absolute Gasteiger partial charge is 0.342 e. The van der Waals surface area contributed by atoms with Crippen molar-refractivity contribution in [3.63, 3.8) is 0 Å². The Morgan fingerprint density at radius 3 is 2.68 bits per heavy atom. The SMILES string of the molecule is Cc1ccc(Cc2nc3ccc(Cl)cc3[nH]2)cc1C. The molecule has 0 aliphatic rings. The zero-order valence-electron chi connectivity index (χ0n) is 11.0. The van der Waals surface area contributed by atoms with Crippen LogP contribution in [-0.2, 0) is 6.42 Å². The van der Waals surface area contributed by atoms with Crippen molar-refractivity contribution in [2.45, 2.75) is 20.3 Å². The van der Waals surface area contributed by atoms with Crippen molar-refractivity contribution in [1.29, 1.82) is 0 Å². The van der Waals surface area contributed by atoms with Gasteiger partial charge in [-0.15, -0.1) is 0 Å². The number of H-pyrrole nitrogens is 1. The summed E-state index contributed by atoms with van der Waals surface area (Å²) in [4.78, 5) is 7.91. The fourth-order valence-corrected chi connectivity index (χ4v) is 2.40. The molecule has 1 aromatic heterocycles. The normalized spacial score (nSPS) is 11.1. The third-order valence-electron chi connectivity index (χ3n) is 3.44. The minimum absolute atomic E-state index is 0.730. The maximum atomic E-state index is 5.98. The van der Waals surface area contributed by atoms with E-state index < -0.39 is 0 Å². The van der Waals surface area contributed by atoms with Gasteiger partial charge in [-0.25, -0.2) is 4.98 Å². The van der Waals surface area contributed by atoms with Gasteiger partial charge in [0.2, 0.25) is 0 Å². The molecule has 0 amide bonds. The van der Waals surface area contributed by atoms with Crippen LogP contribution in [0.25, 0.3) is 11.0 Å². The van der Waals surface area contributed by atoms with Crippen LogP contribution in [0.15, 0.2) is 36.4 Å². The van der Waals surface area contributed by atoms with Gasteiger partial charge < -0.3 is 4.98 Å². The van der Waals surface area contributed by atoms with Crippen molar-refractivity contribution in [3.05, 3.63) is 63.9 Å². The topological polar surface area (TPSA) is 28.7 Å². The van der Waals surface area contributed by atoms with E-state index in [0.29, 0.717) is 0 Å². The second-order valence-electron chi connectivity index (χ2n) is 4.94. The molecule has 2 nitrogen and oxygen atoms in total. The molecule has 2 aromatic carbocycles. The predicted molar refractivity (Wildman–Crippen MR) is 79.8 cm³/mol. The van der Waals surface area contributed by atoms with Gasteiger partial charge in [-0.3, -0.25) is 0 Å². The summed E-state index contributed by atoms with van der Waals surface area (Å²) in [6.45, 7) is 4.26. The number of imidazole rings is 1. The number of aromatic amines is 1. The van der Waals surface area contributed by atoms with E-state index in [-0.39, 0.29) is 0 Å². The van der Waals surface area contributed by atoms with Crippen LogP contribution in [0.5, 0.6) is 0 Å². The highest BCUT2D eigenvalue weighted by atomic mass is 35.5. The number of nitrogens with one attached hydrogen (secondary N) is 1. The van der Waals surface area contributed by atoms with E-state index in [9.17, 15) is 0 Å². The number of fused-ring (bicyclic) bond motifs is 1. The first kappa shape index (κ1) is 12.2. The van der Waals surface area contributed by atoms with E-state index >= 15 is 0 Å². The molecule has 0 bridgehead atoms. The smallest absolute Gasteiger partial charge is 0.111 e. The van der Waals surface area contributed by atoms with Crippen molar-refractivity contribution in [3.8, 4) is 0 Å². The Hall–Kier alpha value is -1.80. The highest BCUT2D eigenvalue weighted by Crippen LogP contribution is 2.19. The summed E-state index contributed by atoms with van der Waals surface area (Å²) in [5.41, 5.74) is 5.86. The Morgan fingerprint density at radius 1 is 1.05 bits per heavy atom. The zero-order valence-corrected chi connectivity index (χ0v) is 11.8. The standard InChI is InChI=1S/C16H15ClN2/c1-10-3-4-12(7-11(10)2)8-16-18-14-6-5-13(17)9-15(14)19-16/h3-7,9H,8H2,1-2H3,(H,18,19). The number of halogens is 1. The van der Waals surface area contributed by atoms with E-state index in [2.05, 4.69) is 42.0 Å². The van der Waals surface area contributed by atoms with Crippen LogP contribution in [0.1, 0.15) is 22.5 Å². The lowest BCUT2D eigenvalue weighted by Gasteiger charge is -2.03. The summed E-state index contributed by atoms with van der Waals surface area (Å²) >= 11 is 5.98. The fourth-order valence-electron chi connectivity index (χ4n) is 2.23. The molecule has 0 saturated carbocycles. The molecule has 0 spiro atoms. The number of benzene rings is 2. The molecule has 19 heavy (non-hydrogen) atoms. The number of aromatic nitrogens is 2. The maximum Gasteiger partial charge on any atom is 0.111 e.